The van der Waals surface area contributed by atoms with Crippen LogP contribution in [-0.4, -0.2) is 55.0 Å². The molecule has 1 N–H and O–H groups in total. The van der Waals surface area contributed by atoms with E-state index in [-0.39, 0.29) is 29.5 Å². The summed E-state index contributed by atoms with van der Waals surface area (Å²) in [7, 11) is -3.08. The van der Waals surface area contributed by atoms with E-state index >= 15 is 0 Å². The molecule has 2 atom stereocenters. The number of carbonyl (C=O) groups excluding carboxylic acids is 1. The Morgan fingerprint density at radius 3 is 3.00 bits per heavy atom. The van der Waals surface area contributed by atoms with Gasteiger partial charge in [0.05, 0.1) is 10.8 Å². The average molecular weight is 345 g/mol. The summed E-state index contributed by atoms with van der Waals surface area (Å²) in [5.41, 5.74) is 0. The van der Waals surface area contributed by atoms with Gasteiger partial charge in [0.15, 0.2) is 9.84 Å². The number of urea groups is 1. The van der Waals surface area contributed by atoms with Crippen molar-refractivity contribution in [3.05, 3.63) is 16.6 Å². The van der Waals surface area contributed by atoms with Crippen LogP contribution in [0.1, 0.15) is 37.6 Å². The van der Waals surface area contributed by atoms with Crippen molar-refractivity contribution in [3.63, 3.8) is 0 Å². The van der Waals surface area contributed by atoms with Gasteiger partial charge in [-0.05, 0) is 19.8 Å². The fourth-order valence-corrected chi connectivity index (χ4v) is 4.49. The first kappa shape index (κ1) is 17.2. The average Bonchev–Trinajstić information content (AvgIpc) is 3.01. The Balaban J connectivity index is 1.89. The Morgan fingerprint density at radius 2 is 2.36 bits per heavy atom. The standard InChI is InChI=1S/C14H23N3O3S2/c1-3-22(19,20)10-11(2)16-14(18)17-7-4-5-12(9-17)13-15-6-8-21-13/h6,8,11-12H,3-5,7,9-10H2,1-2H3,(H,16,18)/t11-,12+/m1/s1. The zero-order valence-corrected chi connectivity index (χ0v) is 14.6. The van der Waals surface area contributed by atoms with Crippen molar-refractivity contribution in [2.45, 2.75) is 38.6 Å². The number of carbonyl (C=O) groups is 1. The summed E-state index contributed by atoms with van der Waals surface area (Å²) >= 11 is 1.62. The second-order valence-electron chi connectivity index (χ2n) is 5.70. The second kappa shape index (κ2) is 7.41. The van der Waals surface area contributed by atoms with Crippen molar-refractivity contribution in [2.75, 3.05) is 24.6 Å². The number of nitrogens with one attached hydrogen (secondary N) is 1. The third kappa shape index (κ3) is 4.67. The molecular formula is C14H23N3O3S2. The van der Waals surface area contributed by atoms with Crippen molar-refractivity contribution in [1.82, 2.24) is 15.2 Å². The maximum absolute atomic E-state index is 12.3. The van der Waals surface area contributed by atoms with Crippen LogP contribution in [0.2, 0.25) is 0 Å². The van der Waals surface area contributed by atoms with Gasteiger partial charge in [0, 0.05) is 42.4 Å². The first-order chi connectivity index (χ1) is 10.4. The highest BCUT2D eigenvalue weighted by atomic mass is 32.2. The molecule has 8 heteroatoms. The predicted octanol–water partition coefficient (Wildman–Crippen LogP) is 1.86. The summed E-state index contributed by atoms with van der Waals surface area (Å²) in [5, 5.41) is 5.82. The summed E-state index contributed by atoms with van der Waals surface area (Å²) in [6.07, 6.45) is 3.77. The van der Waals surface area contributed by atoms with Gasteiger partial charge in [0.2, 0.25) is 0 Å². The van der Waals surface area contributed by atoms with Gasteiger partial charge in [0.1, 0.15) is 0 Å². The molecule has 0 bridgehead atoms. The van der Waals surface area contributed by atoms with Gasteiger partial charge in [0.25, 0.3) is 0 Å². The molecule has 1 aliphatic heterocycles. The SMILES string of the molecule is CCS(=O)(=O)C[C@@H](C)NC(=O)N1CCC[C@H](c2nccs2)C1. The Labute approximate surface area is 135 Å². The Hall–Kier alpha value is -1.15. The number of hydrogen-bond donors (Lipinski definition) is 1. The van der Waals surface area contributed by atoms with Crippen LogP contribution in [0.15, 0.2) is 11.6 Å². The molecule has 22 heavy (non-hydrogen) atoms. The summed E-state index contributed by atoms with van der Waals surface area (Å²) in [4.78, 5) is 18.4. The van der Waals surface area contributed by atoms with Crippen LogP contribution in [-0.2, 0) is 9.84 Å². The third-order valence-electron chi connectivity index (χ3n) is 3.82. The highest BCUT2D eigenvalue weighted by molar-refractivity contribution is 7.91. The Kier molecular flexibility index (Phi) is 5.80. The molecule has 2 rings (SSSR count). The molecule has 0 aromatic carbocycles. The second-order valence-corrected chi connectivity index (χ2v) is 9.03. The van der Waals surface area contributed by atoms with Crippen LogP contribution in [0, 0.1) is 0 Å². The summed E-state index contributed by atoms with van der Waals surface area (Å²) in [5.74, 6) is 0.372. The molecule has 1 aliphatic rings. The lowest BCUT2D eigenvalue weighted by atomic mass is 9.99. The smallest absolute Gasteiger partial charge is 0.317 e. The van der Waals surface area contributed by atoms with Crippen LogP contribution >= 0.6 is 11.3 Å². The number of rotatable bonds is 5. The largest absolute Gasteiger partial charge is 0.335 e. The van der Waals surface area contributed by atoms with Crippen molar-refractivity contribution in [1.29, 1.82) is 0 Å². The van der Waals surface area contributed by atoms with Crippen molar-refractivity contribution in [2.24, 2.45) is 0 Å². The van der Waals surface area contributed by atoms with Crippen LogP contribution in [0.25, 0.3) is 0 Å². The van der Waals surface area contributed by atoms with Crippen LogP contribution < -0.4 is 5.32 Å². The van der Waals surface area contributed by atoms with Gasteiger partial charge >= 0.3 is 6.03 Å². The minimum Gasteiger partial charge on any atom is -0.335 e. The van der Waals surface area contributed by atoms with Gasteiger partial charge in [-0.3, -0.25) is 0 Å². The molecule has 0 spiro atoms. The molecule has 0 radical (unpaired) electrons. The minimum atomic E-state index is -3.08. The van der Waals surface area contributed by atoms with Gasteiger partial charge in [-0.1, -0.05) is 6.92 Å². The van der Waals surface area contributed by atoms with E-state index in [0.29, 0.717) is 13.1 Å². The van der Waals surface area contributed by atoms with Gasteiger partial charge < -0.3 is 10.2 Å². The lowest BCUT2D eigenvalue weighted by molar-refractivity contribution is 0.177. The molecule has 2 heterocycles. The molecule has 1 saturated heterocycles. The van der Waals surface area contributed by atoms with E-state index in [9.17, 15) is 13.2 Å². The molecule has 0 unspecified atom stereocenters. The van der Waals surface area contributed by atoms with Gasteiger partial charge in [-0.15, -0.1) is 11.3 Å². The fraction of sp³-hybridized carbons (Fsp3) is 0.714. The quantitative estimate of drug-likeness (QED) is 0.883. The molecular weight excluding hydrogens is 322 g/mol. The van der Waals surface area contributed by atoms with E-state index < -0.39 is 9.84 Å². The number of aromatic nitrogens is 1. The minimum absolute atomic E-state index is 0.0149. The highest BCUT2D eigenvalue weighted by Gasteiger charge is 2.27. The first-order valence-corrected chi connectivity index (χ1v) is 10.3. The van der Waals surface area contributed by atoms with E-state index in [1.54, 1.807) is 36.3 Å². The Morgan fingerprint density at radius 1 is 1.59 bits per heavy atom. The first-order valence-electron chi connectivity index (χ1n) is 7.56. The van der Waals surface area contributed by atoms with Gasteiger partial charge in [-0.2, -0.15) is 0 Å². The normalized spacial score (nSPS) is 20.6. The zero-order valence-electron chi connectivity index (χ0n) is 13.0. The number of sulfone groups is 1. The van der Waals surface area contributed by atoms with Gasteiger partial charge in [-0.25, -0.2) is 18.2 Å². The molecule has 1 aromatic rings. The molecule has 0 aliphatic carbocycles. The van der Waals surface area contributed by atoms with Crippen molar-refractivity contribution >= 4 is 27.2 Å². The zero-order chi connectivity index (χ0) is 16.2. The van der Waals surface area contributed by atoms with Crippen LogP contribution in [0.5, 0.6) is 0 Å². The number of amides is 2. The van der Waals surface area contributed by atoms with Crippen LogP contribution in [0.4, 0.5) is 4.79 Å². The third-order valence-corrected chi connectivity index (χ3v) is 6.65. The number of piperidine rings is 1. The predicted molar refractivity (Wildman–Crippen MR) is 88.0 cm³/mol. The van der Waals surface area contributed by atoms with Crippen molar-refractivity contribution < 1.29 is 13.2 Å². The molecule has 1 aromatic heterocycles. The van der Waals surface area contributed by atoms with E-state index in [1.165, 1.54) is 0 Å². The summed E-state index contributed by atoms with van der Waals surface area (Å²) in [6.45, 7) is 4.70. The number of hydrogen-bond acceptors (Lipinski definition) is 5. The summed E-state index contributed by atoms with van der Waals surface area (Å²) in [6, 6.07) is -0.558. The number of nitrogens with zero attached hydrogens (tertiary/aromatic N) is 2. The molecule has 2 amide bonds. The maximum atomic E-state index is 12.3. The number of thiazole rings is 1. The van der Waals surface area contributed by atoms with Crippen molar-refractivity contribution in [3.8, 4) is 0 Å². The number of likely N-dealkylation sites (tertiary alicyclic amines) is 1. The monoisotopic (exact) mass is 345 g/mol. The van der Waals surface area contributed by atoms with E-state index in [1.807, 2.05) is 5.38 Å². The maximum Gasteiger partial charge on any atom is 0.317 e. The van der Waals surface area contributed by atoms with Crippen LogP contribution in [0.3, 0.4) is 0 Å². The van der Waals surface area contributed by atoms with E-state index in [2.05, 4.69) is 10.3 Å². The van der Waals surface area contributed by atoms with E-state index in [0.717, 1.165) is 17.8 Å². The Bertz CT molecular complexity index is 586. The van der Waals surface area contributed by atoms with E-state index in [4.69, 9.17) is 0 Å². The molecule has 1 fully saturated rings. The molecule has 0 saturated carbocycles. The molecule has 6 nitrogen and oxygen atoms in total. The topological polar surface area (TPSA) is 79.4 Å². The summed E-state index contributed by atoms with van der Waals surface area (Å²) < 4.78 is 23.2. The molecule has 124 valence electrons. The fourth-order valence-electron chi connectivity index (χ4n) is 2.64. The lowest BCUT2D eigenvalue weighted by Gasteiger charge is -2.32. The highest BCUT2D eigenvalue weighted by Crippen LogP contribution is 2.28. The lowest BCUT2D eigenvalue weighted by Crippen LogP contribution is -2.49.